The Bertz CT molecular complexity index is 1280. The third-order valence-corrected chi connectivity index (χ3v) is 4.78. The molecule has 0 unspecified atom stereocenters. The largest absolute Gasteiger partial charge is 0.478 e. The first-order chi connectivity index (χ1) is 14.5. The highest BCUT2D eigenvalue weighted by Gasteiger charge is 2.22. The first kappa shape index (κ1) is 19.2. The topological polar surface area (TPSA) is 106 Å². The van der Waals surface area contributed by atoms with Gasteiger partial charge in [0, 0.05) is 29.9 Å². The second-order valence-corrected chi connectivity index (χ2v) is 6.76. The summed E-state index contributed by atoms with van der Waals surface area (Å²) in [6.45, 7) is 1.69. The SMILES string of the molecule is Cc1c(-c2ccccc2)oc2c(OC(=O)C3=CNC=C(C(=O)O)C3)cccc2c1=O. The van der Waals surface area contributed by atoms with Crippen molar-refractivity contribution < 1.29 is 23.8 Å². The summed E-state index contributed by atoms with van der Waals surface area (Å²) in [6.07, 6.45) is 2.62. The van der Waals surface area contributed by atoms with Gasteiger partial charge in [-0.15, -0.1) is 0 Å². The lowest BCUT2D eigenvalue weighted by Gasteiger charge is -2.14. The Morgan fingerprint density at radius 3 is 2.50 bits per heavy atom. The summed E-state index contributed by atoms with van der Waals surface area (Å²) < 4.78 is 11.5. The van der Waals surface area contributed by atoms with Crippen LogP contribution < -0.4 is 15.5 Å². The quantitative estimate of drug-likeness (QED) is 0.507. The highest BCUT2D eigenvalue weighted by Crippen LogP contribution is 2.31. The number of nitrogens with one attached hydrogen (secondary N) is 1. The van der Waals surface area contributed by atoms with Gasteiger partial charge in [-0.1, -0.05) is 36.4 Å². The van der Waals surface area contributed by atoms with E-state index in [-0.39, 0.29) is 34.3 Å². The Hall–Kier alpha value is -4.13. The number of carbonyl (C=O) groups is 2. The maximum atomic E-state index is 12.9. The zero-order valence-corrected chi connectivity index (χ0v) is 16.0. The first-order valence-corrected chi connectivity index (χ1v) is 9.17. The van der Waals surface area contributed by atoms with E-state index in [1.54, 1.807) is 19.1 Å². The van der Waals surface area contributed by atoms with Crippen LogP contribution in [0.3, 0.4) is 0 Å². The second kappa shape index (κ2) is 7.71. The molecule has 0 saturated carbocycles. The van der Waals surface area contributed by atoms with Crippen LogP contribution in [-0.2, 0) is 9.59 Å². The Labute approximate surface area is 170 Å². The van der Waals surface area contributed by atoms with Gasteiger partial charge >= 0.3 is 11.9 Å². The number of hydrogen-bond acceptors (Lipinski definition) is 6. The summed E-state index contributed by atoms with van der Waals surface area (Å²) in [6, 6.07) is 13.9. The summed E-state index contributed by atoms with van der Waals surface area (Å²) in [5.74, 6) is -1.38. The number of carbonyl (C=O) groups excluding carboxylic acids is 1. The molecule has 0 atom stereocenters. The summed E-state index contributed by atoms with van der Waals surface area (Å²) >= 11 is 0. The van der Waals surface area contributed by atoms with E-state index in [2.05, 4.69) is 5.32 Å². The van der Waals surface area contributed by atoms with Gasteiger partial charge < -0.3 is 19.6 Å². The average molecular weight is 403 g/mol. The monoisotopic (exact) mass is 403 g/mol. The van der Waals surface area contributed by atoms with Crippen molar-refractivity contribution in [1.29, 1.82) is 0 Å². The van der Waals surface area contributed by atoms with Crippen LogP contribution in [0.2, 0.25) is 0 Å². The fourth-order valence-corrected chi connectivity index (χ4v) is 3.21. The molecule has 0 bridgehead atoms. The first-order valence-electron chi connectivity index (χ1n) is 9.17. The van der Waals surface area contributed by atoms with Crippen molar-refractivity contribution in [1.82, 2.24) is 5.32 Å². The molecule has 4 rings (SSSR count). The lowest BCUT2D eigenvalue weighted by atomic mass is 10.0. The van der Waals surface area contributed by atoms with Crippen LogP contribution in [0.5, 0.6) is 5.75 Å². The molecule has 150 valence electrons. The van der Waals surface area contributed by atoms with E-state index in [1.165, 1.54) is 18.5 Å². The van der Waals surface area contributed by atoms with Crippen molar-refractivity contribution in [3.63, 3.8) is 0 Å². The van der Waals surface area contributed by atoms with Gasteiger partial charge in [-0.25, -0.2) is 9.59 Å². The smallest absolute Gasteiger partial charge is 0.341 e. The van der Waals surface area contributed by atoms with Crippen LogP contribution in [0.1, 0.15) is 12.0 Å². The molecule has 0 radical (unpaired) electrons. The Morgan fingerprint density at radius 2 is 1.77 bits per heavy atom. The minimum Gasteiger partial charge on any atom is -0.478 e. The molecule has 3 aromatic rings. The zero-order valence-electron chi connectivity index (χ0n) is 16.0. The van der Waals surface area contributed by atoms with Crippen molar-refractivity contribution in [3.8, 4) is 17.1 Å². The molecule has 0 spiro atoms. The number of rotatable bonds is 4. The van der Waals surface area contributed by atoms with Crippen molar-refractivity contribution >= 4 is 22.9 Å². The summed E-state index contributed by atoms with van der Waals surface area (Å²) in [7, 11) is 0. The number of benzene rings is 2. The molecule has 1 aliphatic rings. The molecule has 1 aliphatic heterocycles. The summed E-state index contributed by atoms with van der Waals surface area (Å²) in [5.41, 5.74) is 1.29. The van der Waals surface area contributed by atoms with E-state index in [9.17, 15) is 14.4 Å². The van der Waals surface area contributed by atoms with E-state index in [0.29, 0.717) is 16.7 Å². The lowest BCUT2D eigenvalue weighted by molar-refractivity contribution is -0.132. The summed E-state index contributed by atoms with van der Waals surface area (Å²) in [4.78, 5) is 36.7. The third kappa shape index (κ3) is 3.48. The average Bonchev–Trinajstić information content (AvgIpc) is 2.77. The van der Waals surface area contributed by atoms with Crippen LogP contribution in [0, 0.1) is 6.92 Å². The highest BCUT2D eigenvalue weighted by atomic mass is 16.5. The van der Waals surface area contributed by atoms with Gasteiger partial charge in [0.1, 0.15) is 5.76 Å². The number of para-hydroxylation sites is 1. The standard InChI is InChI=1S/C23H17NO6/c1-13-19(25)17-8-5-9-18(21(17)30-20(13)14-6-3-2-4-7-14)29-23(28)16-10-15(22(26)27)11-24-12-16/h2-9,11-12,24H,10H2,1H3,(H,26,27). The highest BCUT2D eigenvalue weighted by molar-refractivity contribution is 5.97. The Morgan fingerprint density at radius 1 is 1.03 bits per heavy atom. The molecule has 2 N–H and O–H groups in total. The second-order valence-electron chi connectivity index (χ2n) is 6.76. The van der Waals surface area contributed by atoms with Crippen LogP contribution in [0.15, 0.2) is 81.3 Å². The van der Waals surface area contributed by atoms with Crippen LogP contribution >= 0.6 is 0 Å². The van der Waals surface area contributed by atoms with E-state index in [1.807, 2.05) is 30.3 Å². The van der Waals surface area contributed by atoms with Gasteiger partial charge in [-0.3, -0.25) is 4.79 Å². The normalized spacial score (nSPS) is 13.2. The molecule has 2 heterocycles. The Balaban J connectivity index is 1.74. The van der Waals surface area contributed by atoms with Gasteiger partial charge in [0.05, 0.1) is 16.5 Å². The molecule has 2 aromatic carbocycles. The molecular formula is C23H17NO6. The minimum absolute atomic E-state index is 0.0379. The molecule has 0 amide bonds. The van der Waals surface area contributed by atoms with Crippen LogP contribution in [0.25, 0.3) is 22.3 Å². The van der Waals surface area contributed by atoms with Crippen LogP contribution in [0.4, 0.5) is 0 Å². The third-order valence-electron chi connectivity index (χ3n) is 4.78. The van der Waals surface area contributed by atoms with E-state index >= 15 is 0 Å². The zero-order chi connectivity index (χ0) is 21.3. The Kier molecular flexibility index (Phi) is 4.93. The lowest BCUT2D eigenvalue weighted by Crippen LogP contribution is -2.20. The molecule has 7 heteroatoms. The summed E-state index contributed by atoms with van der Waals surface area (Å²) in [5, 5.41) is 12.1. The maximum absolute atomic E-state index is 12.9. The number of dihydropyridines is 1. The molecule has 30 heavy (non-hydrogen) atoms. The van der Waals surface area contributed by atoms with E-state index in [4.69, 9.17) is 14.3 Å². The van der Waals surface area contributed by atoms with Gasteiger partial charge in [0.25, 0.3) is 0 Å². The number of fused-ring (bicyclic) bond motifs is 1. The predicted molar refractivity (Wildman–Crippen MR) is 110 cm³/mol. The number of aliphatic carboxylic acids is 1. The van der Waals surface area contributed by atoms with Gasteiger partial charge in [-0.2, -0.15) is 0 Å². The van der Waals surface area contributed by atoms with Crippen molar-refractivity contribution in [2.75, 3.05) is 0 Å². The number of ether oxygens (including phenoxy) is 1. The molecule has 0 aliphatic carbocycles. The van der Waals surface area contributed by atoms with Crippen molar-refractivity contribution in [3.05, 3.63) is 87.9 Å². The van der Waals surface area contributed by atoms with Gasteiger partial charge in [0.15, 0.2) is 16.8 Å². The molecule has 0 fully saturated rings. The van der Waals surface area contributed by atoms with Crippen molar-refractivity contribution in [2.24, 2.45) is 0 Å². The molecular weight excluding hydrogens is 386 g/mol. The van der Waals surface area contributed by atoms with E-state index in [0.717, 1.165) is 5.56 Å². The predicted octanol–water partition coefficient (Wildman–Crippen LogP) is 3.52. The van der Waals surface area contributed by atoms with Crippen molar-refractivity contribution in [2.45, 2.75) is 13.3 Å². The number of carboxylic acid groups (broad SMARTS) is 1. The number of carboxylic acids is 1. The van der Waals surface area contributed by atoms with Gasteiger partial charge in [0.2, 0.25) is 0 Å². The number of esters is 1. The minimum atomic E-state index is -1.12. The molecule has 1 aromatic heterocycles. The fraction of sp³-hybridized carbons (Fsp3) is 0.0870. The molecule has 7 nitrogen and oxygen atoms in total. The number of hydrogen-bond donors (Lipinski definition) is 2. The van der Waals surface area contributed by atoms with Gasteiger partial charge in [-0.05, 0) is 19.1 Å². The van der Waals surface area contributed by atoms with E-state index < -0.39 is 11.9 Å². The fourth-order valence-electron chi connectivity index (χ4n) is 3.21. The molecule has 0 saturated heterocycles. The maximum Gasteiger partial charge on any atom is 0.341 e. The van der Waals surface area contributed by atoms with Crippen LogP contribution in [-0.4, -0.2) is 17.0 Å².